The molecule has 0 radical (unpaired) electrons. The Morgan fingerprint density at radius 3 is 2.19 bits per heavy atom. The van der Waals surface area contributed by atoms with Crippen molar-refractivity contribution in [3.63, 3.8) is 0 Å². The molecule has 0 aliphatic carbocycles. The van der Waals surface area contributed by atoms with Gasteiger partial charge in [-0.1, -0.05) is 0 Å². The highest BCUT2D eigenvalue weighted by Crippen LogP contribution is 1.91. The summed E-state index contributed by atoms with van der Waals surface area (Å²) in [7, 11) is 4.07. The van der Waals surface area contributed by atoms with Crippen LogP contribution in [0.15, 0.2) is 0 Å². The number of esters is 1. The first-order valence-electron chi connectivity index (χ1n) is 4.68. The number of nitrogens with one attached hydrogen (secondary N) is 1. The minimum atomic E-state index is -0.856. The number of hydrogen-bond donors (Lipinski definition) is 2. The van der Waals surface area contributed by atoms with Crippen molar-refractivity contribution in [3.05, 3.63) is 0 Å². The van der Waals surface area contributed by atoms with Gasteiger partial charge in [-0.2, -0.15) is 0 Å². The second-order valence-corrected chi connectivity index (χ2v) is 3.10. The Morgan fingerprint density at radius 1 is 1.19 bits per heavy atom. The zero-order chi connectivity index (χ0) is 12.6. The molecule has 0 saturated heterocycles. The minimum Gasteiger partial charge on any atom is -0.467 e. The molecule has 0 saturated carbocycles. The molecular weight excluding hydrogens is 216 g/mol. The summed E-state index contributed by atoms with van der Waals surface area (Å²) in [5.41, 5.74) is 5.48. The fourth-order valence-electron chi connectivity index (χ4n) is 1.01. The molecule has 94 valence electrons. The van der Waals surface area contributed by atoms with Crippen LogP contribution in [0.25, 0.3) is 0 Å². The standard InChI is InChI=1S/C9H18N2O5/c1-14-4-6(10)8(12)11-7(5-15-2)9(13)16-3/h6-7H,4-5,10H2,1-3H3,(H,11,12)/t6-,7-/m0/s1. The molecule has 0 bridgehead atoms. The molecule has 0 aliphatic heterocycles. The van der Waals surface area contributed by atoms with E-state index in [-0.39, 0.29) is 13.2 Å². The maximum absolute atomic E-state index is 11.5. The van der Waals surface area contributed by atoms with Crippen LogP contribution in [0.4, 0.5) is 0 Å². The van der Waals surface area contributed by atoms with E-state index in [0.29, 0.717) is 0 Å². The van der Waals surface area contributed by atoms with E-state index in [4.69, 9.17) is 15.2 Å². The van der Waals surface area contributed by atoms with Crippen molar-refractivity contribution in [2.45, 2.75) is 12.1 Å². The fourth-order valence-corrected chi connectivity index (χ4v) is 1.01. The average molecular weight is 234 g/mol. The van der Waals surface area contributed by atoms with Gasteiger partial charge in [-0.05, 0) is 0 Å². The summed E-state index contributed by atoms with van der Waals surface area (Å²) >= 11 is 0. The van der Waals surface area contributed by atoms with Gasteiger partial charge in [0.1, 0.15) is 6.04 Å². The van der Waals surface area contributed by atoms with E-state index >= 15 is 0 Å². The maximum atomic E-state index is 11.5. The molecule has 0 fully saturated rings. The molecule has 0 spiro atoms. The Bertz CT molecular complexity index is 234. The van der Waals surface area contributed by atoms with Crippen LogP contribution in [-0.4, -0.2) is 58.5 Å². The molecule has 0 aliphatic rings. The van der Waals surface area contributed by atoms with Gasteiger partial charge in [0.2, 0.25) is 5.91 Å². The lowest BCUT2D eigenvalue weighted by Gasteiger charge is -2.18. The second-order valence-electron chi connectivity index (χ2n) is 3.10. The Balaban J connectivity index is 4.27. The van der Waals surface area contributed by atoms with Crippen LogP contribution in [-0.2, 0) is 23.8 Å². The first-order valence-corrected chi connectivity index (χ1v) is 4.68. The zero-order valence-corrected chi connectivity index (χ0v) is 9.69. The highest BCUT2D eigenvalue weighted by atomic mass is 16.5. The van der Waals surface area contributed by atoms with Gasteiger partial charge in [0.05, 0.1) is 20.3 Å². The number of carbonyl (C=O) groups is 2. The first-order chi connectivity index (χ1) is 7.56. The van der Waals surface area contributed by atoms with Crippen LogP contribution < -0.4 is 11.1 Å². The Hall–Kier alpha value is -1.18. The Kier molecular flexibility index (Phi) is 7.44. The molecular formula is C9H18N2O5. The third-order valence-corrected chi connectivity index (χ3v) is 1.82. The highest BCUT2D eigenvalue weighted by molar-refractivity contribution is 5.87. The number of ether oxygens (including phenoxy) is 3. The maximum Gasteiger partial charge on any atom is 0.330 e. The van der Waals surface area contributed by atoms with Crippen molar-refractivity contribution in [1.82, 2.24) is 5.32 Å². The summed E-state index contributed by atoms with van der Waals surface area (Å²) < 4.78 is 14.0. The van der Waals surface area contributed by atoms with Gasteiger partial charge in [-0.25, -0.2) is 4.79 Å². The van der Waals surface area contributed by atoms with Gasteiger partial charge in [-0.15, -0.1) is 0 Å². The van der Waals surface area contributed by atoms with E-state index in [9.17, 15) is 9.59 Å². The molecule has 1 amide bonds. The number of nitrogens with two attached hydrogens (primary N) is 1. The first kappa shape index (κ1) is 14.8. The summed E-state index contributed by atoms with van der Waals surface area (Å²) in [6.07, 6.45) is 0. The number of amides is 1. The molecule has 7 nitrogen and oxygen atoms in total. The predicted molar refractivity (Wildman–Crippen MR) is 55.7 cm³/mol. The molecule has 0 heterocycles. The minimum absolute atomic E-state index is 0.0259. The molecule has 16 heavy (non-hydrogen) atoms. The van der Waals surface area contributed by atoms with E-state index in [2.05, 4.69) is 10.1 Å². The average Bonchev–Trinajstić information content (AvgIpc) is 2.27. The van der Waals surface area contributed by atoms with Crippen molar-refractivity contribution in [3.8, 4) is 0 Å². The summed E-state index contributed by atoms with van der Waals surface area (Å²) in [5, 5.41) is 2.41. The van der Waals surface area contributed by atoms with Crippen LogP contribution in [0, 0.1) is 0 Å². The van der Waals surface area contributed by atoms with Crippen molar-refractivity contribution in [1.29, 1.82) is 0 Å². The summed E-state index contributed by atoms with van der Waals surface area (Å²) in [4.78, 5) is 22.7. The SMILES string of the molecule is COC[C@H](NC(=O)[C@@H](N)COC)C(=O)OC. The van der Waals surface area contributed by atoms with Crippen LogP contribution in [0.5, 0.6) is 0 Å². The van der Waals surface area contributed by atoms with E-state index in [1.54, 1.807) is 0 Å². The molecule has 0 aromatic rings. The Labute approximate surface area is 94.2 Å². The van der Waals surface area contributed by atoms with Crippen LogP contribution in [0.1, 0.15) is 0 Å². The molecule has 3 N–H and O–H groups in total. The van der Waals surface area contributed by atoms with Crippen molar-refractivity contribution in [2.24, 2.45) is 5.73 Å². The van der Waals surface area contributed by atoms with Gasteiger partial charge in [0.15, 0.2) is 6.04 Å². The van der Waals surface area contributed by atoms with E-state index in [0.717, 1.165) is 0 Å². The van der Waals surface area contributed by atoms with Gasteiger partial charge < -0.3 is 25.3 Å². The Morgan fingerprint density at radius 2 is 1.75 bits per heavy atom. The van der Waals surface area contributed by atoms with Crippen molar-refractivity contribution >= 4 is 11.9 Å². The third-order valence-electron chi connectivity index (χ3n) is 1.82. The van der Waals surface area contributed by atoms with Gasteiger partial charge >= 0.3 is 5.97 Å². The number of carbonyl (C=O) groups excluding carboxylic acids is 2. The van der Waals surface area contributed by atoms with Crippen LogP contribution in [0.3, 0.4) is 0 Å². The van der Waals surface area contributed by atoms with E-state index < -0.39 is 24.0 Å². The van der Waals surface area contributed by atoms with E-state index in [1.807, 2.05) is 0 Å². The quantitative estimate of drug-likeness (QED) is 0.507. The summed E-state index contributed by atoms with van der Waals surface area (Å²) in [6, 6.07) is -1.68. The topological polar surface area (TPSA) is 99.9 Å². The zero-order valence-electron chi connectivity index (χ0n) is 9.69. The second kappa shape index (κ2) is 8.03. The predicted octanol–water partition coefficient (Wildman–Crippen LogP) is -1.74. The highest BCUT2D eigenvalue weighted by Gasteiger charge is 2.24. The number of hydrogen-bond acceptors (Lipinski definition) is 6. The molecule has 0 aromatic heterocycles. The largest absolute Gasteiger partial charge is 0.467 e. The molecule has 0 rings (SSSR count). The molecule has 0 aromatic carbocycles. The molecule has 2 atom stereocenters. The number of methoxy groups -OCH3 is 3. The van der Waals surface area contributed by atoms with Gasteiger partial charge in [-0.3, -0.25) is 4.79 Å². The molecule has 0 unspecified atom stereocenters. The monoisotopic (exact) mass is 234 g/mol. The van der Waals surface area contributed by atoms with Crippen LogP contribution >= 0.6 is 0 Å². The van der Waals surface area contributed by atoms with Crippen LogP contribution in [0.2, 0.25) is 0 Å². The lowest BCUT2D eigenvalue weighted by atomic mass is 10.2. The van der Waals surface area contributed by atoms with E-state index in [1.165, 1.54) is 21.3 Å². The van der Waals surface area contributed by atoms with Crippen molar-refractivity contribution < 1.29 is 23.8 Å². The van der Waals surface area contributed by atoms with Crippen molar-refractivity contribution in [2.75, 3.05) is 34.5 Å². The van der Waals surface area contributed by atoms with Gasteiger partial charge in [0.25, 0.3) is 0 Å². The lowest BCUT2D eigenvalue weighted by Crippen LogP contribution is -2.51. The number of rotatable bonds is 7. The summed E-state index contributed by atoms with van der Waals surface area (Å²) in [5.74, 6) is -1.07. The molecule has 7 heteroatoms. The lowest BCUT2D eigenvalue weighted by molar-refractivity contribution is -0.146. The van der Waals surface area contributed by atoms with Gasteiger partial charge in [0, 0.05) is 14.2 Å². The third kappa shape index (κ3) is 5.06. The fraction of sp³-hybridized carbons (Fsp3) is 0.778. The normalized spacial score (nSPS) is 14.0. The summed E-state index contributed by atoms with van der Waals surface area (Å²) in [6.45, 7) is 0.102. The smallest absolute Gasteiger partial charge is 0.330 e.